The van der Waals surface area contributed by atoms with Crippen LogP contribution < -0.4 is 16.0 Å². The minimum absolute atomic E-state index is 0.176. The summed E-state index contributed by atoms with van der Waals surface area (Å²) in [4.78, 5) is 26.8. The van der Waals surface area contributed by atoms with Gasteiger partial charge in [-0.3, -0.25) is 4.79 Å². The molecule has 1 atom stereocenters. The summed E-state index contributed by atoms with van der Waals surface area (Å²) in [5.41, 5.74) is 1.76. The Kier molecular flexibility index (Phi) is 5.09. The monoisotopic (exact) mass is 453 g/mol. The van der Waals surface area contributed by atoms with E-state index in [1.165, 1.54) is 6.07 Å². The molecule has 5 rings (SSSR count). The predicted octanol–water partition coefficient (Wildman–Crippen LogP) is 2.52. The number of fused-ring (bicyclic) bond motifs is 1. The van der Waals surface area contributed by atoms with Gasteiger partial charge in [-0.2, -0.15) is 8.42 Å². The highest BCUT2D eigenvalue weighted by atomic mass is 32.2. The molecular weight excluding hydrogens is 430 g/mol. The van der Waals surface area contributed by atoms with Gasteiger partial charge in [-0.25, -0.2) is 4.79 Å². The third-order valence-corrected chi connectivity index (χ3v) is 7.09. The first kappa shape index (κ1) is 20.5. The summed E-state index contributed by atoms with van der Waals surface area (Å²) >= 11 is 0. The summed E-state index contributed by atoms with van der Waals surface area (Å²) in [6.07, 6.45) is 3.40. The average molecular weight is 454 g/mol. The second-order valence-corrected chi connectivity index (χ2v) is 9.75. The van der Waals surface area contributed by atoms with Crippen LogP contribution in [-0.4, -0.2) is 49.7 Å². The van der Waals surface area contributed by atoms with Crippen LogP contribution in [0.2, 0.25) is 0 Å². The highest BCUT2D eigenvalue weighted by molar-refractivity contribution is 7.90. The third kappa shape index (κ3) is 4.05. The van der Waals surface area contributed by atoms with Gasteiger partial charge >= 0.3 is 6.03 Å². The maximum atomic E-state index is 13.0. The lowest BCUT2D eigenvalue weighted by Crippen LogP contribution is -2.43. The number of anilines is 2. The lowest BCUT2D eigenvalue weighted by molar-refractivity contribution is -0.119. The van der Waals surface area contributed by atoms with Gasteiger partial charge in [0.1, 0.15) is 10.9 Å². The summed E-state index contributed by atoms with van der Waals surface area (Å²) in [6.45, 7) is 0.555. The zero-order chi connectivity index (χ0) is 22.3. The Hall–Kier alpha value is -3.40. The number of carbonyl (C=O) groups is 2. The molecule has 3 amide bonds. The summed E-state index contributed by atoms with van der Waals surface area (Å²) in [6, 6.07) is 13.1. The number of amidine groups is 1. The fourth-order valence-corrected chi connectivity index (χ4v) is 5.25. The molecule has 0 unspecified atom stereocenters. The van der Waals surface area contributed by atoms with Gasteiger partial charge < -0.3 is 20.9 Å². The Morgan fingerprint density at radius 1 is 0.938 bits per heavy atom. The molecule has 2 aromatic carbocycles. The Bertz CT molecular complexity index is 1210. The molecule has 0 bridgehead atoms. The maximum absolute atomic E-state index is 13.0. The summed E-state index contributed by atoms with van der Waals surface area (Å²) in [5, 5.41) is 8.51. The largest absolute Gasteiger partial charge is 0.343 e. The van der Waals surface area contributed by atoms with Crippen LogP contribution in [-0.2, 0) is 14.8 Å². The van der Waals surface area contributed by atoms with Gasteiger partial charge in [0.25, 0.3) is 10.0 Å². The van der Waals surface area contributed by atoms with Crippen LogP contribution in [0.15, 0.2) is 57.8 Å². The predicted molar refractivity (Wildman–Crippen MR) is 120 cm³/mol. The minimum Gasteiger partial charge on any atom is -0.343 e. The Morgan fingerprint density at radius 3 is 2.34 bits per heavy atom. The second kappa shape index (κ2) is 7.94. The van der Waals surface area contributed by atoms with Crippen molar-refractivity contribution in [2.45, 2.75) is 42.7 Å². The Labute approximate surface area is 186 Å². The first-order chi connectivity index (χ1) is 15.4. The molecule has 166 valence electrons. The van der Waals surface area contributed by atoms with Gasteiger partial charge in [0.2, 0.25) is 5.91 Å². The highest BCUT2D eigenvalue weighted by Gasteiger charge is 2.39. The molecule has 10 heteroatoms. The van der Waals surface area contributed by atoms with Crippen molar-refractivity contribution in [3.63, 3.8) is 0 Å². The molecule has 0 aromatic heterocycles. The van der Waals surface area contributed by atoms with E-state index < -0.39 is 16.1 Å². The average Bonchev–Trinajstić information content (AvgIpc) is 3.36. The van der Waals surface area contributed by atoms with E-state index in [4.69, 9.17) is 0 Å². The van der Waals surface area contributed by atoms with Gasteiger partial charge in [0.05, 0.1) is 0 Å². The molecule has 3 N–H and O–H groups in total. The third-order valence-electron chi connectivity index (χ3n) is 5.76. The van der Waals surface area contributed by atoms with Crippen LogP contribution in [0.1, 0.15) is 31.2 Å². The van der Waals surface area contributed by atoms with E-state index in [1.807, 2.05) is 0 Å². The van der Waals surface area contributed by atoms with Crippen molar-refractivity contribution in [3.05, 3.63) is 54.1 Å². The molecule has 2 heterocycles. The number of likely N-dealkylation sites (tertiary alicyclic amines) is 1. The number of urea groups is 1. The SMILES string of the molecule is O=C(Nc1ccc(NC(=O)[C@@H]2CCCN2C2=NS(=O)(=O)c3ccccc32)cc1)NC1CC1. The van der Waals surface area contributed by atoms with Gasteiger partial charge in [-0.05, 0) is 62.1 Å². The van der Waals surface area contributed by atoms with Crippen LogP contribution in [0.4, 0.5) is 16.2 Å². The second-order valence-electron chi connectivity index (χ2n) is 8.18. The summed E-state index contributed by atoms with van der Waals surface area (Å²) < 4.78 is 28.8. The normalized spacial score (nSPS) is 20.9. The first-order valence-electron chi connectivity index (χ1n) is 10.6. The number of amides is 3. The van der Waals surface area contributed by atoms with Crippen molar-refractivity contribution in [1.29, 1.82) is 0 Å². The standard InChI is InChI=1S/C22H23N5O4S/c28-21(23-14-7-9-15(10-8-14)24-22(29)25-16-11-12-16)18-5-3-13-27(18)20-17-4-1-2-6-19(17)32(30,31)26-20/h1-2,4,6-10,16,18H,3,5,11-13H2,(H,23,28)(H2,24,25,29)/t18-/m0/s1. The zero-order valence-corrected chi connectivity index (χ0v) is 18.1. The molecule has 9 nitrogen and oxygen atoms in total. The molecule has 1 aliphatic carbocycles. The summed E-state index contributed by atoms with van der Waals surface area (Å²) in [5.74, 6) is 0.110. The zero-order valence-electron chi connectivity index (χ0n) is 17.2. The highest BCUT2D eigenvalue weighted by Crippen LogP contribution is 2.31. The Balaban J connectivity index is 1.27. The number of hydrogen-bond donors (Lipinski definition) is 3. The molecule has 2 aliphatic heterocycles. The van der Waals surface area contributed by atoms with Crippen molar-refractivity contribution in [1.82, 2.24) is 10.2 Å². The van der Waals surface area contributed by atoms with E-state index in [2.05, 4.69) is 20.3 Å². The fourth-order valence-electron chi connectivity index (χ4n) is 4.03. The van der Waals surface area contributed by atoms with E-state index in [9.17, 15) is 18.0 Å². The number of rotatable bonds is 4. The van der Waals surface area contributed by atoms with E-state index in [0.29, 0.717) is 35.7 Å². The molecule has 2 fully saturated rings. The van der Waals surface area contributed by atoms with Crippen molar-refractivity contribution in [3.8, 4) is 0 Å². The van der Waals surface area contributed by atoms with Crippen LogP contribution in [0.25, 0.3) is 0 Å². The van der Waals surface area contributed by atoms with Crippen LogP contribution in [0, 0.1) is 0 Å². The minimum atomic E-state index is -3.74. The fraction of sp³-hybridized carbons (Fsp3) is 0.318. The molecule has 32 heavy (non-hydrogen) atoms. The van der Waals surface area contributed by atoms with Crippen LogP contribution >= 0.6 is 0 Å². The van der Waals surface area contributed by atoms with Crippen molar-refractivity contribution >= 4 is 39.2 Å². The molecule has 1 saturated heterocycles. The van der Waals surface area contributed by atoms with Gasteiger partial charge in [0.15, 0.2) is 5.84 Å². The quantitative estimate of drug-likeness (QED) is 0.657. The number of nitrogens with one attached hydrogen (secondary N) is 3. The molecular formula is C22H23N5O4S. The summed E-state index contributed by atoms with van der Waals surface area (Å²) in [7, 11) is -3.74. The smallest absolute Gasteiger partial charge is 0.319 e. The molecule has 0 spiro atoms. The van der Waals surface area contributed by atoms with E-state index in [1.54, 1.807) is 47.4 Å². The topological polar surface area (TPSA) is 120 Å². The number of nitrogens with zero attached hydrogens (tertiary/aromatic N) is 2. The van der Waals surface area contributed by atoms with Crippen molar-refractivity contribution in [2.75, 3.05) is 17.2 Å². The van der Waals surface area contributed by atoms with Crippen LogP contribution in [0.3, 0.4) is 0 Å². The van der Waals surface area contributed by atoms with Gasteiger partial charge in [-0.15, -0.1) is 4.40 Å². The number of hydrogen-bond acceptors (Lipinski definition) is 5. The molecule has 0 radical (unpaired) electrons. The number of carbonyl (C=O) groups excluding carboxylic acids is 2. The number of sulfonamides is 1. The van der Waals surface area contributed by atoms with Crippen molar-refractivity contribution in [2.24, 2.45) is 4.40 Å². The number of benzene rings is 2. The molecule has 1 saturated carbocycles. The van der Waals surface area contributed by atoms with Gasteiger partial charge in [0, 0.05) is 29.5 Å². The van der Waals surface area contributed by atoms with E-state index in [0.717, 1.165) is 19.3 Å². The van der Waals surface area contributed by atoms with Crippen molar-refractivity contribution < 1.29 is 18.0 Å². The lowest BCUT2D eigenvalue weighted by atomic mass is 10.1. The first-order valence-corrected chi connectivity index (χ1v) is 12.0. The molecule has 2 aromatic rings. The maximum Gasteiger partial charge on any atom is 0.319 e. The Morgan fingerprint density at radius 2 is 1.62 bits per heavy atom. The van der Waals surface area contributed by atoms with E-state index in [-0.39, 0.29) is 22.9 Å². The van der Waals surface area contributed by atoms with Crippen LogP contribution in [0.5, 0.6) is 0 Å². The van der Waals surface area contributed by atoms with Gasteiger partial charge in [-0.1, -0.05) is 12.1 Å². The van der Waals surface area contributed by atoms with E-state index >= 15 is 0 Å². The molecule has 3 aliphatic rings. The lowest BCUT2D eigenvalue weighted by Gasteiger charge is -2.25.